The second-order valence-corrected chi connectivity index (χ2v) is 13.7. The van der Waals surface area contributed by atoms with E-state index in [1.165, 1.54) is 0 Å². The summed E-state index contributed by atoms with van der Waals surface area (Å²) in [7, 11) is 0. The highest BCUT2D eigenvalue weighted by atomic mass is 35.5. The number of anilines is 2. The molecule has 46 heavy (non-hydrogen) atoms. The van der Waals surface area contributed by atoms with Crippen molar-refractivity contribution in [3.63, 3.8) is 0 Å². The topological polar surface area (TPSA) is 102 Å². The van der Waals surface area contributed by atoms with Crippen LogP contribution < -0.4 is 25.4 Å². The Morgan fingerprint density at radius 3 is 2.67 bits per heavy atom. The van der Waals surface area contributed by atoms with Crippen molar-refractivity contribution in [2.24, 2.45) is 0 Å². The van der Waals surface area contributed by atoms with Gasteiger partial charge in [0.2, 0.25) is 5.88 Å². The maximum atomic E-state index is 16.8. The first kappa shape index (κ1) is 30.1. The maximum absolute atomic E-state index is 16.8. The summed E-state index contributed by atoms with van der Waals surface area (Å²) in [6.45, 7) is 2.86. The van der Waals surface area contributed by atoms with Crippen molar-refractivity contribution in [1.82, 2.24) is 25.2 Å². The number of nitrogens with one attached hydrogen (secondary N) is 1. The zero-order chi connectivity index (χ0) is 32.0. The minimum Gasteiger partial charge on any atom is -0.477 e. The van der Waals surface area contributed by atoms with E-state index in [4.69, 9.17) is 31.8 Å². The van der Waals surface area contributed by atoms with Gasteiger partial charge in [-0.2, -0.15) is 23.1 Å². The van der Waals surface area contributed by atoms with E-state index >= 15 is 4.39 Å². The molecule has 3 aromatic rings. The van der Waals surface area contributed by atoms with Crippen molar-refractivity contribution in [1.29, 1.82) is 0 Å². The number of nitrogens with zero attached hydrogens (tertiary/aromatic N) is 5. The van der Waals surface area contributed by atoms with Gasteiger partial charge < -0.3 is 25.4 Å². The molecule has 4 aliphatic heterocycles. The van der Waals surface area contributed by atoms with E-state index in [2.05, 4.69) is 25.1 Å². The summed E-state index contributed by atoms with van der Waals surface area (Å²) in [6, 6.07) is 2.00. The normalized spacial score (nSPS) is 26.9. The molecule has 1 unspecified atom stereocenters. The molecule has 3 atom stereocenters. The molecule has 1 aliphatic carbocycles. The predicted molar refractivity (Wildman–Crippen MR) is 162 cm³/mol. The summed E-state index contributed by atoms with van der Waals surface area (Å²) in [5.74, 6) is -0.838. The highest BCUT2D eigenvalue weighted by Gasteiger charge is 2.52. The number of hydrogen-bond donors (Lipinski definition) is 2. The van der Waals surface area contributed by atoms with Crippen molar-refractivity contribution in [3.8, 4) is 23.1 Å². The molecule has 2 aromatic heterocycles. The number of fused-ring (bicyclic) bond motifs is 1. The van der Waals surface area contributed by atoms with Crippen LogP contribution in [-0.2, 0) is 6.18 Å². The standard InChI is InChI=1S/C31H33ClF5N7O2/c32-20-11-17(38)10-19(22(20)31(35,36)37)24-23(34)25-21-26(42-28(41-25)46-15-30-3-1-8-43(30)13-16(33)12-30)44(14-18-2-7-39-18)29(4-5-29)6-9-45-27(21)40-24/h10-11,16,18,39H,1-9,12-15,38H2/t16-,18?,30+/m1/s1. The van der Waals surface area contributed by atoms with Gasteiger partial charge in [0.1, 0.15) is 35.2 Å². The van der Waals surface area contributed by atoms with Crippen LogP contribution in [0.25, 0.3) is 22.2 Å². The number of nitrogen functional groups attached to an aromatic ring is 1. The van der Waals surface area contributed by atoms with Crippen LogP contribution in [0.1, 0.15) is 50.5 Å². The van der Waals surface area contributed by atoms with E-state index in [9.17, 15) is 17.6 Å². The Kier molecular flexibility index (Phi) is 6.97. The summed E-state index contributed by atoms with van der Waals surface area (Å²) >= 11 is 6.03. The first-order valence-electron chi connectivity index (χ1n) is 15.7. The van der Waals surface area contributed by atoms with Crippen LogP contribution in [-0.4, -0.2) is 82.5 Å². The number of aromatic nitrogens is 3. The molecule has 5 aliphatic rings. The lowest BCUT2D eigenvalue weighted by atomic mass is 9.95. The quantitative estimate of drug-likeness (QED) is 0.260. The van der Waals surface area contributed by atoms with Gasteiger partial charge in [-0.1, -0.05) is 11.6 Å². The zero-order valence-corrected chi connectivity index (χ0v) is 25.7. The monoisotopic (exact) mass is 665 g/mol. The molecule has 1 aromatic carbocycles. The largest absolute Gasteiger partial charge is 0.477 e. The number of hydrogen-bond acceptors (Lipinski definition) is 9. The third-order valence-electron chi connectivity index (χ3n) is 10.4. The summed E-state index contributed by atoms with van der Waals surface area (Å²) in [5.41, 5.74) is 2.17. The van der Waals surface area contributed by atoms with Gasteiger partial charge in [-0.25, -0.2) is 13.8 Å². The van der Waals surface area contributed by atoms with E-state index in [1.54, 1.807) is 0 Å². The Labute approximate surface area is 266 Å². The van der Waals surface area contributed by atoms with Gasteiger partial charge in [-0.15, -0.1) is 0 Å². The van der Waals surface area contributed by atoms with Crippen LogP contribution in [0.5, 0.6) is 11.9 Å². The number of halogens is 6. The molecule has 3 N–H and O–H groups in total. The fraction of sp³-hybridized carbons (Fsp3) is 0.581. The van der Waals surface area contributed by atoms with E-state index in [-0.39, 0.29) is 53.3 Å². The minimum atomic E-state index is -4.94. The number of alkyl halides is 4. The first-order chi connectivity index (χ1) is 22.0. The fourth-order valence-corrected chi connectivity index (χ4v) is 8.10. The lowest BCUT2D eigenvalue weighted by molar-refractivity contribution is -0.137. The molecule has 4 fully saturated rings. The molecule has 1 spiro atoms. The summed E-state index contributed by atoms with van der Waals surface area (Å²) in [6.07, 6.45) is -0.635. The number of benzene rings is 1. The van der Waals surface area contributed by atoms with Gasteiger partial charge in [0.05, 0.1) is 22.7 Å². The maximum Gasteiger partial charge on any atom is 0.418 e. The van der Waals surface area contributed by atoms with Gasteiger partial charge >= 0.3 is 12.2 Å². The Bertz CT molecular complexity index is 1720. The zero-order valence-electron chi connectivity index (χ0n) is 24.9. The van der Waals surface area contributed by atoms with Crippen LogP contribution in [0.3, 0.4) is 0 Å². The average Bonchev–Trinajstić information content (AvgIpc) is 3.54. The molecule has 0 radical (unpaired) electrons. The Balaban J connectivity index is 1.32. The SMILES string of the molecule is Nc1cc(Cl)c(C(F)(F)F)c(-c2nc3c4c(nc(OC[C@@]56CCCN5C[C@H](F)C6)nc4c2F)N(CC2CCN2)C2(CCO3)CC2)c1. The van der Waals surface area contributed by atoms with E-state index in [0.29, 0.717) is 31.7 Å². The Hall–Kier alpha value is -3.23. The molecule has 0 amide bonds. The molecule has 246 valence electrons. The Morgan fingerprint density at radius 2 is 1.96 bits per heavy atom. The molecule has 9 nitrogen and oxygen atoms in total. The molecular weight excluding hydrogens is 633 g/mol. The molecular formula is C31H33ClF5N7O2. The van der Waals surface area contributed by atoms with Crippen LogP contribution in [0.15, 0.2) is 12.1 Å². The second-order valence-electron chi connectivity index (χ2n) is 13.3. The lowest BCUT2D eigenvalue weighted by Crippen LogP contribution is -2.54. The molecule has 0 bridgehead atoms. The Morgan fingerprint density at radius 1 is 1.15 bits per heavy atom. The highest BCUT2D eigenvalue weighted by Crippen LogP contribution is 2.52. The lowest BCUT2D eigenvalue weighted by Gasteiger charge is -2.40. The van der Waals surface area contributed by atoms with Crippen molar-refractivity contribution < 1.29 is 31.4 Å². The van der Waals surface area contributed by atoms with Crippen LogP contribution in [0.2, 0.25) is 5.02 Å². The second kappa shape index (κ2) is 10.6. The van der Waals surface area contributed by atoms with E-state index < -0.39 is 45.5 Å². The van der Waals surface area contributed by atoms with Crippen LogP contribution in [0, 0.1) is 5.82 Å². The fourth-order valence-electron chi connectivity index (χ4n) is 7.76. The molecule has 8 rings (SSSR count). The van der Waals surface area contributed by atoms with Gasteiger partial charge in [0, 0.05) is 48.8 Å². The summed E-state index contributed by atoms with van der Waals surface area (Å²) in [5, 5.41) is 2.90. The minimum absolute atomic E-state index is 0.0849. The smallest absolute Gasteiger partial charge is 0.418 e. The number of nitrogens with two attached hydrogens (primary N) is 1. The van der Waals surface area contributed by atoms with Gasteiger partial charge in [-0.3, -0.25) is 4.90 Å². The van der Waals surface area contributed by atoms with E-state index in [0.717, 1.165) is 57.3 Å². The first-order valence-corrected chi connectivity index (χ1v) is 16.1. The third-order valence-corrected chi connectivity index (χ3v) is 10.7. The molecule has 6 heterocycles. The molecule has 15 heteroatoms. The van der Waals surface area contributed by atoms with Crippen molar-refractivity contribution >= 4 is 34.0 Å². The van der Waals surface area contributed by atoms with Gasteiger partial charge in [0.15, 0.2) is 5.82 Å². The number of pyridine rings is 1. The van der Waals surface area contributed by atoms with E-state index in [1.807, 2.05) is 0 Å². The van der Waals surface area contributed by atoms with Crippen molar-refractivity contribution in [3.05, 3.63) is 28.5 Å². The van der Waals surface area contributed by atoms with Crippen LogP contribution >= 0.6 is 11.6 Å². The summed E-state index contributed by atoms with van der Waals surface area (Å²) in [4.78, 5) is 17.9. The van der Waals surface area contributed by atoms with Gasteiger partial charge in [-0.05, 0) is 57.3 Å². The number of ether oxygens (including phenoxy) is 2. The van der Waals surface area contributed by atoms with Crippen LogP contribution in [0.4, 0.5) is 33.5 Å². The van der Waals surface area contributed by atoms with Crippen molar-refractivity contribution in [2.45, 2.75) is 74.4 Å². The molecule has 1 saturated carbocycles. The highest BCUT2D eigenvalue weighted by molar-refractivity contribution is 6.32. The number of rotatable bonds is 6. The third kappa shape index (κ3) is 4.90. The summed E-state index contributed by atoms with van der Waals surface area (Å²) < 4.78 is 86.5. The van der Waals surface area contributed by atoms with Gasteiger partial charge in [0.25, 0.3) is 0 Å². The predicted octanol–water partition coefficient (Wildman–Crippen LogP) is 5.52. The van der Waals surface area contributed by atoms with Crippen molar-refractivity contribution in [2.75, 3.05) is 50.0 Å². The molecule has 3 saturated heterocycles. The average molecular weight is 666 g/mol.